The average Bonchev–Trinajstić information content (AvgIpc) is 2.85. The van der Waals surface area contributed by atoms with Crippen molar-refractivity contribution in [3.8, 4) is 0 Å². The van der Waals surface area contributed by atoms with Gasteiger partial charge in [0.25, 0.3) is 5.91 Å². The largest absolute Gasteiger partial charge is 0.368 e. The van der Waals surface area contributed by atoms with E-state index in [0.717, 1.165) is 11.8 Å². The van der Waals surface area contributed by atoms with Crippen LogP contribution < -0.4 is 15.5 Å². The number of rotatable bonds is 4. The van der Waals surface area contributed by atoms with Gasteiger partial charge < -0.3 is 20.4 Å². The number of halogens is 2. The molecule has 1 fully saturated rings. The topological polar surface area (TPSA) is 64.7 Å². The number of carbonyl (C=O) groups excluding carboxylic acids is 2. The van der Waals surface area contributed by atoms with Gasteiger partial charge in [0.05, 0.1) is 5.69 Å². The molecular formula is C28H30F2N4O2. The van der Waals surface area contributed by atoms with E-state index in [2.05, 4.69) is 36.3 Å². The Morgan fingerprint density at radius 1 is 0.806 bits per heavy atom. The summed E-state index contributed by atoms with van der Waals surface area (Å²) < 4.78 is 26.7. The molecule has 0 aromatic heterocycles. The summed E-state index contributed by atoms with van der Waals surface area (Å²) in [6.45, 7) is 9.07. The Balaban J connectivity index is 1.29. The van der Waals surface area contributed by atoms with E-state index in [1.165, 1.54) is 11.6 Å². The highest BCUT2D eigenvalue weighted by Gasteiger charge is 2.23. The van der Waals surface area contributed by atoms with E-state index < -0.39 is 17.7 Å². The highest BCUT2D eigenvalue weighted by molar-refractivity contribution is 6.00. The highest BCUT2D eigenvalue weighted by atomic mass is 19.1. The molecule has 1 aliphatic heterocycles. The molecule has 0 radical (unpaired) electrons. The Morgan fingerprint density at radius 2 is 1.44 bits per heavy atom. The lowest BCUT2D eigenvalue weighted by atomic mass is 9.86. The van der Waals surface area contributed by atoms with Crippen molar-refractivity contribution >= 4 is 29.0 Å². The number of nitrogens with zero attached hydrogens (tertiary/aromatic N) is 2. The summed E-state index contributed by atoms with van der Waals surface area (Å²) in [4.78, 5) is 29.2. The van der Waals surface area contributed by atoms with E-state index in [0.29, 0.717) is 43.5 Å². The number of piperazine rings is 1. The summed E-state index contributed by atoms with van der Waals surface area (Å²) in [5, 5.41) is 5.00. The van der Waals surface area contributed by atoms with E-state index >= 15 is 0 Å². The summed E-state index contributed by atoms with van der Waals surface area (Å²) in [5.41, 5.74) is 3.34. The van der Waals surface area contributed by atoms with Gasteiger partial charge in [0.15, 0.2) is 0 Å². The van der Waals surface area contributed by atoms with Gasteiger partial charge in [-0.15, -0.1) is 0 Å². The van der Waals surface area contributed by atoms with Crippen LogP contribution in [0.3, 0.4) is 0 Å². The van der Waals surface area contributed by atoms with Gasteiger partial charge in [-0.2, -0.15) is 0 Å². The minimum absolute atomic E-state index is 0.0401. The third-order valence-corrected chi connectivity index (χ3v) is 6.23. The van der Waals surface area contributed by atoms with Gasteiger partial charge in [-0.25, -0.2) is 13.6 Å². The number of nitrogens with one attached hydrogen (secondary N) is 2. The maximum absolute atomic E-state index is 13.7. The Labute approximate surface area is 209 Å². The van der Waals surface area contributed by atoms with Gasteiger partial charge >= 0.3 is 6.03 Å². The molecule has 2 N–H and O–H groups in total. The SMILES string of the molecule is CC(C)(C)c1ccc(C(=O)N2CCN(c3ccc(NC(=O)Nc4ccc(F)cc4F)cc3)CC2)cc1. The molecule has 0 spiro atoms. The Bertz CT molecular complexity index is 1230. The van der Waals surface area contributed by atoms with Crippen molar-refractivity contribution in [1.82, 2.24) is 4.90 Å². The zero-order valence-corrected chi connectivity index (χ0v) is 20.6. The molecule has 1 saturated heterocycles. The predicted molar refractivity (Wildman–Crippen MR) is 139 cm³/mol. The second-order valence-corrected chi connectivity index (χ2v) is 9.86. The van der Waals surface area contributed by atoms with Crippen molar-refractivity contribution < 1.29 is 18.4 Å². The van der Waals surface area contributed by atoms with Crippen molar-refractivity contribution in [2.24, 2.45) is 0 Å². The van der Waals surface area contributed by atoms with Crippen LogP contribution in [-0.4, -0.2) is 43.0 Å². The fourth-order valence-electron chi connectivity index (χ4n) is 4.09. The quantitative estimate of drug-likeness (QED) is 0.479. The first-order chi connectivity index (χ1) is 17.1. The predicted octanol–water partition coefficient (Wildman–Crippen LogP) is 5.87. The molecular weight excluding hydrogens is 462 g/mol. The van der Waals surface area contributed by atoms with Crippen molar-refractivity contribution in [1.29, 1.82) is 0 Å². The Kier molecular flexibility index (Phi) is 7.24. The molecule has 6 nitrogen and oxygen atoms in total. The monoisotopic (exact) mass is 492 g/mol. The van der Waals surface area contributed by atoms with Crippen molar-refractivity contribution in [3.05, 3.63) is 89.5 Å². The first-order valence-electron chi connectivity index (χ1n) is 11.9. The summed E-state index contributed by atoms with van der Waals surface area (Å²) in [6, 6.07) is 17.5. The number of amides is 3. The molecule has 4 rings (SSSR count). The van der Waals surface area contributed by atoms with Gasteiger partial charge in [-0.1, -0.05) is 32.9 Å². The number of hydrogen-bond acceptors (Lipinski definition) is 3. The van der Waals surface area contributed by atoms with Crippen molar-refractivity contribution in [2.45, 2.75) is 26.2 Å². The molecule has 0 atom stereocenters. The van der Waals surface area contributed by atoms with Crippen LogP contribution in [0.4, 0.5) is 30.6 Å². The molecule has 0 unspecified atom stereocenters. The highest BCUT2D eigenvalue weighted by Crippen LogP contribution is 2.24. The zero-order valence-electron chi connectivity index (χ0n) is 20.6. The lowest BCUT2D eigenvalue weighted by molar-refractivity contribution is 0.0746. The molecule has 0 aliphatic carbocycles. The lowest BCUT2D eigenvalue weighted by Gasteiger charge is -2.36. The molecule has 3 aromatic carbocycles. The maximum Gasteiger partial charge on any atom is 0.323 e. The number of benzene rings is 3. The van der Waals surface area contributed by atoms with E-state index in [1.54, 1.807) is 12.1 Å². The molecule has 3 amide bonds. The number of anilines is 3. The first kappa shape index (κ1) is 25.2. The van der Waals surface area contributed by atoms with E-state index in [4.69, 9.17) is 0 Å². The molecule has 8 heteroatoms. The molecule has 1 aliphatic rings. The number of hydrogen-bond donors (Lipinski definition) is 2. The summed E-state index contributed by atoms with van der Waals surface area (Å²) in [6.07, 6.45) is 0. The summed E-state index contributed by atoms with van der Waals surface area (Å²) in [7, 11) is 0. The van der Waals surface area contributed by atoms with Crippen molar-refractivity contribution in [3.63, 3.8) is 0 Å². The molecule has 188 valence electrons. The Hall–Kier alpha value is -3.94. The third-order valence-electron chi connectivity index (χ3n) is 6.23. The third kappa shape index (κ3) is 6.00. The molecule has 3 aromatic rings. The molecule has 1 heterocycles. The van der Waals surface area contributed by atoms with E-state index in [-0.39, 0.29) is 17.0 Å². The average molecular weight is 493 g/mol. The van der Waals surface area contributed by atoms with Gasteiger partial charge in [0.2, 0.25) is 0 Å². The van der Waals surface area contributed by atoms with Crippen LogP contribution in [0.5, 0.6) is 0 Å². The normalized spacial score (nSPS) is 13.9. The van der Waals surface area contributed by atoms with Gasteiger partial charge in [0.1, 0.15) is 11.6 Å². The van der Waals surface area contributed by atoms with Crippen LogP contribution in [0.25, 0.3) is 0 Å². The van der Waals surface area contributed by atoms with Crippen LogP contribution in [-0.2, 0) is 5.41 Å². The molecule has 0 bridgehead atoms. The smallest absolute Gasteiger partial charge is 0.323 e. The second-order valence-electron chi connectivity index (χ2n) is 9.86. The molecule has 0 saturated carbocycles. The second kappa shape index (κ2) is 10.4. The van der Waals surface area contributed by atoms with Gasteiger partial charge in [0, 0.05) is 49.2 Å². The van der Waals surface area contributed by atoms with Crippen LogP contribution in [0.1, 0.15) is 36.7 Å². The van der Waals surface area contributed by atoms with Crippen LogP contribution >= 0.6 is 0 Å². The first-order valence-corrected chi connectivity index (χ1v) is 11.9. The van der Waals surface area contributed by atoms with E-state index in [1.807, 2.05) is 41.3 Å². The van der Waals surface area contributed by atoms with E-state index in [9.17, 15) is 18.4 Å². The van der Waals surface area contributed by atoms with Crippen LogP contribution in [0, 0.1) is 11.6 Å². The standard InChI is InChI=1S/C28H30F2N4O2/c1-28(2,3)20-6-4-19(5-7-20)26(35)34-16-14-33(15-17-34)23-11-9-22(10-12-23)31-27(36)32-25-13-8-21(29)18-24(25)30/h4-13,18H,14-17H2,1-3H3,(H2,31,32,36). The fourth-order valence-corrected chi connectivity index (χ4v) is 4.09. The fraction of sp³-hybridized carbons (Fsp3) is 0.286. The summed E-state index contributed by atoms with van der Waals surface area (Å²) in [5.74, 6) is -1.52. The minimum atomic E-state index is -0.847. The lowest BCUT2D eigenvalue weighted by Crippen LogP contribution is -2.48. The Morgan fingerprint density at radius 3 is 2.03 bits per heavy atom. The summed E-state index contributed by atoms with van der Waals surface area (Å²) >= 11 is 0. The van der Waals surface area contributed by atoms with Crippen molar-refractivity contribution in [2.75, 3.05) is 41.7 Å². The zero-order chi connectivity index (χ0) is 25.9. The van der Waals surface area contributed by atoms with Gasteiger partial charge in [-0.3, -0.25) is 4.79 Å². The molecule has 36 heavy (non-hydrogen) atoms. The number of urea groups is 1. The van der Waals surface area contributed by atoms with Crippen LogP contribution in [0.2, 0.25) is 0 Å². The van der Waals surface area contributed by atoms with Gasteiger partial charge in [-0.05, 0) is 59.5 Å². The minimum Gasteiger partial charge on any atom is -0.368 e. The number of carbonyl (C=O) groups is 2. The maximum atomic E-state index is 13.7. The van der Waals surface area contributed by atoms with Crippen LogP contribution in [0.15, 0.2) is 66.7 Å².